The van der Waals surface area contributed by atoms with Gasteiger partial charge in [0.1, 0.15) is 6.04 Å². The Kier molecular flexibility index (Phi) is 5.05. The van der Waals surface area contributed by atoms with Gasteiger partial charge in [0, 0.05) is 12.8 Å². The van der Waals surface area contributed by atoms with E-state index >= 15 is 0 Å². The lowest BCUT2D eigenvalue weighted by atomic mass is 10.1. The van der Waals surface area contributed by atoms with Crippen LogP contribution in [0.4, 0.5) is 0 Å². The van der Waals surface area contributed by atoms with E-state index in [0.717, 1.165) is 12.0 Å². The van der Waals surface area contributed by atoms with Gasteiger partial charge in [-0.1, -0.05) is 12.2 Å². The first-order valence-corrected chi connectivity index (χ1v) is 6.03. The summed E-state index contributed by atoms with van der Waals surface area (Å²) in [5.74, 6) is -3.10. The van der Waals surface area contributed by atoms with E-state index in [1.807, 2.05) is 0 Å². The number of carbonyl (C=O) groups excluding carboxylic acids is 3. The molecule has 106 valence electrons. The minimum absolute atomic E-state index is 0.00404. The maximum atomic E-state index is 11.5. The summed E-state index contributed by atoms with van der Waals surface area (Å²) in [6.07, 6.45) is 0.925. The first-order valence-electron chi connectivity index (χ1n) is 6.03. The van der Waals surface area contributed by atoms with Gasteiger partial charge in [-0.2, -0.15) is 0 Å². The molecule has 0 aromatic rings. The van der Waals surface area contributed by atoms with Crippen LogP contribution in [0.25, 0.3) is 0 Å². The van der Waals surface area contributed by atoms with Crippen LogP contribution in [0, 0.1) is 5.92 Å². The monoisotopic (exact) mass is 269 g/mol. The van der Waals surface area contributed by atoms with Crippen LogP contribution in [0.15, 0.2) is 12.2 Å². The predicted molar refractivity (Wildman–Crippen MR) is 59.7 cm³/mol. The molecule has 0 aliphatic heterocycles. The van der Waals surface area contributed by atoms with Gasteiger partial charge < -0.3 is 30.9 Å². The number of amides is 1. The van der Waals surface area contributed by atoms with Crippen molar-refractivity contribution < 1.29 is 30.3 Å². The maximum absolute atomic E-state index is 11.5. The van der Waals surface area contributed by atoms with Crippen molar-refractivity contribution in [3.8, 4) is 0 Å². The van der Waals surface area contributed by atoms with E-state index in [1.54, 1.807) is 0 Å². The van der Waals surface area contributed by atoms with E-state index in [0.29, 0.717) is 0 Å². The number of allylic oxidation sites excluding steroid dienone is 1. The molecule has 7 nitrogen and oxygen atoms in total. The molecule has 1 saturated carbocycles. The summed E-state index contributed by atoms with van der Waals surface area (Å²) < 4.78 is 0. The Bertz CT molecular complexity index is 407. The molecule has 0 saturated heterocycles. The zero-order valence-electron chi connectivity index (χ0n) is 10.5. The van der Waals surface area contributed by atoms with Crippen molar-refractivity contribution in [3.05, 3.63) is 12.2 Å². The van der Waals surface area contributed by atoms with Crippen molar-refractivity contribution in [2.24, 2.45) is 5.92 Å². The second-order valence-electron chi connectivity index (χ2n) is 4.79. The first-order chi connectivity index (χ1) is 8.81. The minimum atomic E-state index is -1.35. The summed E-state index contributed by atoms with van der Waals surface area (Å²) in [6.45, 7) is 3.71. The van der Waals surface area contributed by atoms with Gasteiger partial charge in [-0.15, -0.1) is 0 Å². The molecule has 7 heteroatoms. The van der Waals surface area contributed by atoms with E-state index in [9.17, 15) is 24.6 Å². The topological polar surface area (TPSA) is 137 Å². The third-order valence-corrected chi connectivity index (χ3v) is 3.12. The number of nitrogens with one attached hydrogen (secondary N) is 1. The largest absolute Gasteiger partial charge is 0.548 e. The van der Waals surface area contributed by atoms with Gasteiger partial charge >= 0.3 is 0 Å². The number of rotatable bonds is 8. The van der Waals surface area contributed by atoms with Crippen molar-refractivity contribution in [2.75, 3.05) is 0 Å². The highest BCUT2D eigenvalue weighted by Gasteiger charge is 2.31. The lowest BCUT2D eigenvalue weighted by molar-refractivity contribution is -0.438. The van der Waals surface area contributed by atoms with Crippen LogP contribution in [0.5, 0.6) is 0 Å². The third-order valence-electron chi connectivity index (χ3n) is 3.12. The Balaban J connectivity index is 2.36. The second kappa shape index (κ2) is 6.33. The fraction of sp³-hybridized carbons (Fsp3) is 0.583. The van der Waals surface area contributed by atoms with Gasteiger partial charge in [0.25, 0.3) is 0 Å². The van der Waals surface area contributed by atoms with Crippen molar-refractivity contribution >= 4 is 17.8 Å². The molecule has 1 amide bonds. The normalized spacial score (nSPS) is 20.5. The molecule has 0 heterocycles. The van der Waals surface area contributed by atoms with Crippen LogP contribution in [-0.4, -0.2) is 29.9 Å². The molecule has 0 radical (unpaired) electrons. The zero-order valence-corrected chi connectivity index (χ0v) is 10.5. The van der Waals surface area contributed by atoms with Gasteiger partial charge in [0.05, 0.1) is 18.0 Å². The highest BCUT2D eigenvalue weighted by atomic mass is 16.4. The predicted octanol–water partition coefficient (Wildman–Crippen LogP) is -3.67. The van der Waals surface area contributed by atoms with E-state index in [1.165, 1.54) is 0 Å². The first kappa shape index (κ1) is 15.2. The molecular formula is C12H17N2O5-. The van der Waals surface area contributed by atoms with Crippen LogP contribution >= 0.6 is 0 Å². The Hall–Kier alpha value is -1.89. The van der Waals surface area contributed by atoms with E-state index in [2.05, 4.69) is 17.6 Å². The SMILES string of the molecule is C=C1CC1C[C@H](NC(=O)CC[C@H]([NH3+])C(=O)[O-])C(=O)[O-]. The lowest BCUT2D eigenvalue weighted by Gasteiger charge is -2.19. The molecule has 1 unspecified atom stereocenters. The van der Waals surface area contributed by atoms with E-state index in [4.69, 9.17) is 0 Å². The van der Waals surface area contributed by atoms with Crippen LogP contribution < -0.4 is 21.3 Å². The molecule has 1 aliphatic carbocycles. The van der Waals surface area contributed by atoms with Crippen LogP contribution in [-0.2, 0) is 14.4 Å². The molecule has 19 heavy (non-hydrogen) atoms. The molecule has 1 rings (SSSR count). The molecule has 0 bridgehead atoms. The third kappa shape index (κ3) is 5.09. The fourth-order valence-corrected chi connectivity index (χ4v) is 1.70. The van der Waals surface area contributed by atoms with Gasteiger partial charge in [-0.25, -0.2) is 0 Å². The molecular weight excluding hydrogens is 252 g/mol. The molecule has 0 aromatic heterocycles. The summed E-state index contributed by atoms with van der Waals surface area (Å²) in [5, 5.41) is 23.6. The number of hydrogen-bond donors (Lipinski definition) is 2. The number of aliphatic carboxylic acids is 2. The highest BCUT2D eigenvalue weighted by molar-refractivity contribution is 5.83. The molecule has 0 aromatic carbocycles. The molecule has 3 atom stereocenters. The number of hydrogen-bond acceptors (Lipinski definition) is 5. The van der Waals surface area contributed by atoms with Crippen molar-refractivity contribution in [1.82, 2.24) is 5.32 Å². The Labute approximate surface area is 110 Å². The minimum Gasteiger partial charge on any atom is -0.548 e. The van der Waals surface area contributed by atoms with Gasteiger partial charge in [-0.3, -0.25) is 4.79 Å². The van der Waals surface area contributed by atoms with E-state index in [-0.39, 0.29) is 25.2 Å². The number of carboxylic acid groups (broad SMARTS) is 2. The summed E-state index contributed by atoms with van der Waals surface area (Å²) in [6, 6.07) is -2.06. The fourth-order valence-electron chi connectivity index (χ4n) is 1.70. The number of carbonyl (C=O) groups is 3. The van der Waals surface area contributed by atoms with Crippen LogP contribution in [0.3, 0.4) is 0 Å². The highest BCUT2D eigenvalue weighted by Crippen LogP contribution is 2.39. The lowest BCUT2D eigenvalue weighted by Crippen LogP contribution is -2.68. The average molecular weight is 269 g/mol. The molecule has 0 spiro atoms. The van der Waals surface area contributed by atoms with Gasteiger partial charge in [0.15, 0.2) is 0 Å². The summed E-state index contributed by atoms with van der Waals surface area (Å²) in [4.78, 5) is 32.8. The maximum Gasteiger partial charge on any atom is 0.220 e. The second-order valence-corrected chi connectivity index (χ2v) is 4.79. The molecule has 1 aliphatic rings. The quantitative estimate of drug-likeness (QED) is 0.437. The Morgan fingerprint density at radius 1 is 1.37 bits per heavy atom. The average Bonchev–Trinajstić information content (AvgIpc) is 3.00. The molecule has 1 fully saturated rings. The van der Waals surface area contributed by atoms with Crippen molar-refractivity contribution in [1.29, 1.82) is 0 Å². The van der Waals surface area contributed by atoms with E-state index < -0.39 is 29.9 Å². The Morgan fingerprint density at radius 2 is 1.95 bits per heavy atom. The molecule has 4 N–H and O–H groups in total. The summed E-state index contributed by atoms with van der Waals surface area (Å²) in [5.41, 5.74) is 4.28. The smallest absolute Gasteiger partial charge is 0.220 e. The van der Waals surface area contributed by atoms with Crippen LogP contribution in [0.1, 0.15) is 25.7 Å². The van der Waals surface area contributed by atoms with Gasteiger partial charge in [-0.05, 0) is 18.8 Å². The standard InChI is InChI=1S/C12H18N2O5/c1-6-4-7(6)5-9(12(18)19)14-10(15)3-2-8(13)11(16)17/h7-9H,1-5,13H2,(H,14,15)(H,16,17)(H,18,19)/p-1/t7?,8-,9-/m0/s1. The van der Waals surface area contributed by atoms with Crippen molar-refractivity contribution in [3.63, 3.8) is 0 Å². The Morgan fingerprint density at radius 3 is 2.37 bits per heavy atom. The summed E-state index contributed by atoms with van der Waals surface area (Å²) in [7, 11) is 0. The van der Waals surface area contributed by atoms with Crippen molar-refractivity contribution in [2.45, 2.75) is 37.8 Å². The van der Waals surface area contributed by atoms with Crippen LogP contribution in [0.2, 0.25) is 0 Å². The number of quaternary nitrogens is 1. The zero-order chi connectivity index (χ0) is 14.6. The number of carboxylic acids is 2. The summed E-state index contributed by atoms with van der Waals surface area (Å²) >= 11 is 0. The van der Waals surface area contributed by atoms with Gasteiger partial charge in [0.2, 0.25) is 5.91 Å².